The van der Waals surface area contributed by atoms with Gasteiger partial charge in [0.2, 0.25) is 15.0 Å². The maximum atomic E-state index is 12.3. The van der Waals surface area contributed by atoms with Gasteiger partial charge in [0.05, 0.1) is 18.5 Å². The van der Waals surface area contributed by atoms with Crippen LogP contribution in [0.1, 0.15) is 12.0 Å². The summed E-state index contributed by atoms with van der Waals surface area (Å²) in [4.78, 5) is 13.8. The fourth-order valence-electron chi connectivity index (χ4n) is 2.84. The van der Waals surface area contributed by atoms with Crippen LogP contribution in [0.2, 0.25) is 0 Å². The Kier molecular flexibility index (Phi) is 4.98. The van der Waals surface area contributed by atoms with Crippen molar-refractivity contribution in [3.63, 3.8) is 0 Å². The molecule has 0 aliphatic carbocycles. The number of anilines is 1. The number of rotatable bonds is 5. The molecule has 2 aromatic rings. The summed E-state index contributed by atoms with van der Waals surface area (Å²) < 4.78 is 25.2. The maximum Gasteiger partial charge on any atom is 0.232 e. The number of hydrogen-bond donors (Lipinski definition) is 0. The highest BCUT2D eigenvalue weighted by Gasteiger charge is 2.34. The van der Waals surface area contributed by atoms with Gasteiger partial charge in [0, 0.05) is 40.1 Å². The fraction of sp³-hybridized carbons (Fsp3) is 0.333. The van der Waals surface area contributed by atoms with E-state index in [9.17, 15) is 13.2 Å². The average Bonchev–Trinajstić information content (AvgIpc) is 3.06. The third kappa shape index (κ3) is 4.17. The molecule has 1 unspecified atom stereocenters. The summed E-state index contributed by atoms with van der Waals surface area (Å²) in [5.74, 6) is 0.0590. The highest BCUT2D eigenvalue weighted by atomic mass is 79.9. The summed E-state index contributed by atoms with van der Waals surface area (Å²) in [5.41, 5.74) is 1.05. The van der Waals surface area contributed by atoms with Crippen molar-refractivity contribution in [2.75, 3.05) is 17.2 Å². The molecule has 9 heteroatoms. The first-order chi connectivity index (χ1) is 11.3. The molecule has 1 amide bonds. The smallest absolute Gasteiger partial charge is 0.232 e. The lowest BCUT2D eigenvalue weighted by Gasteiger charge is -2.18. The Labute approximate surface area is 153 Å². The summed E-state index contributed by atoms with van der Waals surface area (Å²) in [5, 5.41) is 4.28. The molecule has 0 saturated carbocycles. The minimum atomic E-state index is -3.62. The molecule has 128 valence electrons. The molecule has 0 bridgehead atoms. The van der Waals surface area contributed by atoms with E-state index in [1.807, 2.05) is 24.3 Å². The molecule has 1 fully saturated rings. The molecule has 0 N–H and O–H groups in total. The summed E-state index contributed by atoms with van der Waals surface area (Å²) >= 11 is 3.39. The van der Waals surface area contributed by atoms with Crippen molar-refractivity contribution in [2.45, 2.75) is 13.0 Å². The first-order valence-corrected chi connectivity index (χ1v) is 10.6. The molecular formula is C15H15BrClN3O3S. The minimum Gasteiger partial charge on any atom is -0.297 e. The Morgan fingerprint density at radius 3 is 2.62 bits per heavy atom. The van der Waals surface area contributed by atoms with E-state index in [1.165, 1.54) is 0 Å². The van der Waals surface area contributed by atoms with Gasteiger partial charge in [-0.15, -0.1) is 0 Å². The second-order valence-corrected chi connectivity index (χ2v) is 9.49. The summed E-state index contributed by atoms with van der Waals surface area (Å²) in [7, 11) is 1.69. The lowest BCUT2D eigenvalue weighted by Crippen LogP contribution is -2.28. The van der Waals surface area contributed by atoms with Crippen LogP contribution in [-0.2, 0) is 20.4 Å². The molecule has 0 spiro atoms. The van der Waals surface area contributed by atoms with E-state index in [1.54, 1.807) is 21.8 Å². The van der Waals surface area contributed by atoms with Crippen LogP contribution in [0, 0.1) is 5.92 Å². The number of carbonyl (C=O) groups excluding carboxylic acids is 1. The molecule has 1 saturated heterocycles. The Morgan fingerprint density at radius 1 is 1.25 bits per heavy atom. The number of carbonyl (C=O) groups is 1. The predicted molar refractivity (Wildman–Crippen MR) is 95.6 cm³/mol. The highest BCUT2D eigenvalue weighted by Crippen LogP contribution is 2.27. The third-order valence-corrected chi connectivity index (χ3v) is 5.63. The van der Waals surface area contributed by atoms with Crippen LogP contribution in [-0.4, -0.2) is 36.4 Å². The van der Waals surface area contributed by atoms with E-state index < -0.39 is 9.05 Å². The van der Waals surface area contributed by atoms with E-state index in [4.69, 9.17) is 10.7 Å². The van der Waals surface area contributed by atoms with Gasteiger partial charge in [0.15, 0.2) is 0 Å². The lowest BCUT2D eigenvalue weighted by atomic mass is 10.1. The number of hydrogen-bond acceptors (Lipinski definition) is 4. The third-order valence-electron chi connectivity index (χ3n) is 3.86. The van der Waals surface area contributed by atoms with Gasteiger partial charge in [-0.3, -0.25) is 9.69 Å². The molecule has 1 aliphatic heterocycles. The zero-order valence-electron chi connectivity index (χ0n) is 12.6. The quantitative estimate of drug-likeness (QED) is 0.681. The summed E-state index contributed by atoms with van der Waals surface area (Å²) in [6, 6.07) is 9.60. The van der Waals surface area contributed by atoms with Crippen LogP contribution in [0.5, 0.6) is 0 Å². The van der Waals surface area contributed by atoms with Crippen LogP contribution in [0.15, 0.2) is 41.0 Å². The fourth-order valence-corrected chi connectivity index (χ4v) is 4.42. The standard InChI is InChI=1S/C15H15BrClN3O3S/c16-13-3-1-11(2-4-13)9-20-14(5-6-18-20)19-8-12(7-15(19)21)10-24(17,22)23/h1-6,12H,7-10H2. The van der Waals surface area contributed by atoms with Crippen molar-refractivity contribution in [3.8, 4) is 0 Å². The van der Waals surface area contributed by atoms with E-state index >= 15 is 0 Å². The van der Waals surface area contributed by atoms with Gasteiger partial charge in [0.1, 0.15) is 5.82 Å². The van der Waals surface area contributed by atoms with Crippen molar-refractivity contribution in [1.82, 2.24) is 9.78 Å². The zero-order chi connectivity index (χ0) is 17.3. The van der Waals surface area contributed by atoms with Crippen LogP contribution in [0.3, 0.4) is 0 Å². The van der Waals surface area contributed by atoms with E-state index in [2.05, 4.69) is 21.0 Å². The monoisotopic (exact) mass is 431 g/mol. The topological polar surface area (TPSA) is 72.3 Å². The van der Waals surface area contributed by atoms with Gasteiger partial charge >= 0.3 is 0 Å². The van der Waals surface area contributed by atoms with Crippen LogP contribution >= 0.6 is 26.6 Å². The number of nitrogens with zero attached hydrogens (tertiary/aromatic N) is 3. The molecule has 2 heterocycles. The second kappa shape index (κ2) is 6.85. The maximum absolute atomic E-state index is 12.3. The first-order valence-electron chi connectivity index (χ1n) is 7.31. The molecule has 24 heavy (non-hydrogen) atoms. The Bertz CT molecular complexity index is 851. The largest absolute Gasteiger partial charge is 0.297 e. The van der Waals surface area contributed by atoms with E-state index in [0.717, 1.165) is 10.0 Å². The van der Waals surface area contributed by atoms with E-state index in [0.29, 0.717) is 18.9 Å². The van der Waals surface area contributed by atoms with Crippen molar-refractivity contribution < 1.29 is 13.2 Å². The molecule has 1 aromatic carbocycles. The van der Waals surface area contributed by atoms with Crippen molar-refractivity contribution in [1.29, 1.82) is 0 Å². The second-order valence-electron chi connectivity index (χ2n) is 5.75. The van der Waals surface area contributed by atoms with Crippen LogP contribution in [0.25, 0.3) is 0 Å². The number of amides is 1. The number of benzene rings is 1. The van der Waals surface area contributed by atoms with Gasteiger partial charge in [-0.1, -0.05) is 28.1 Å². The molecule has 0 radical (unpaired) electrons. The first kappa shape index (κ1) is 17.4. The van der Waals surface area contributed by atoms with Gasteiger partial charge in [-0.25, -0.2) is 13.1 Å². The Balaban J connectivity index is 1.77. The van der Waals surface area contributed by atoms with Gasteiger partial charge in [-0.05, 0) is 17.7 Å². The molecule has 1 aromatic heterocycles. The van der Waals surface area contributed by atoms with Crippen molar-refractivity contribution in [2.24, 2.45) is 5.92 Å². The average molecular weight is 433 g/mol. The highest BCUT2D eigenvalue weighted by molar-refractivity contribution is 9.10. The minimum absolute atomic E-state index is 0.113. The summed E-state index contributed by atoms with van der Waals surface area (Å²) in [6.07, 6.45) is 1.81. The van der Waals surface area contributed by atoms with Crippen LogP contribution < -0.4 is 4.90 Å². The molecular weight excluding hydrogens is 418 g/mol. The normalized spacial score (nSPS) is 18.3. The van der Waals surface area contributed by atoms with Crippen molar-refractivity contribution >= 4 is 47.4 Å². The molecule has 1 aliphatic rings. The van der Waals surface area contributed by atoms with E-state index in [-0.39, 0.29) is 24.0 Å². The molecule has 1 atom stereocenters. The van der Waals surface area contributed by atoms with Crippen LogP contribution in [0.4, 0.5) is 5.82 Å². The van der Waals surface area contributed by atoms with Crippen molar-refractivity contribution in [3.05, 3.63) is 46.6 Å². The lowest BCUT2D eigenvalue weighted by molar-refractivity contribution is -0.117. The van der Waals surface area contributed by atoms with Gasteiger partial charge in [0.25, 0.3) is 0 Å². The molecule has 6 nitrogen and oxygen atoms in total. The Hall–Kier alpha value is -1.38. The SMILES string of the molecule is O=C1CC(CS(=O)(=O)Cl)CN1c1ccnn1Cc1ccc(Br)cc1. The Morgan fingerprint density at radius 2 is 1.96 bits per heavy atom. The molecule has 3 rings (SSSR count). The van der Waals surface area contributed by atoms with Gasteiger partial charge < -0.3 is 0 Å². The number of aromatic nitrogens is 2. The summed E-state index contributed by atoms with van der Waals surface area (Å²) in [6.45, 7) is 0.856. The number of halogens is 2. The predicted octanol–water partition coefficient (Wildman–Crippen LogP) is 2.62. The van der Waals surface area contributed by atoms with Gasteiger partial charge in [-0.2, -0.15) is 5.10 Å². The zero-order valence-corrected chi connectivity index (χ0v) is 15.8.